The molecular formula is C38H33N5O2. The van der Waals surface area contributed by atoms with Gasteiger partial charge in [0.2, 0.25) is 0 Å². The Labute approximate surface area is 262 Å². The van der Waals surface area contributed by atoms with E-state index in [1.807, 2.05) is 35.0 Å². The Bertz CT molecular complexity index is 1840. The number of aromatic nitrogens is 4. The third-order valence-electron chi connectivity index (χ3n) is 8.94. The van der Waals surface area contributed by atoms with Crippen molar-refractivity contribution >= 4 is 5.97 Å². The average Bonchev–Trinajstić information content (AvgIpc) is 3.60. The van der Waals surface area contributed by atoms with E-state index < -0.39 is 11.6 Å². The molecule has 2 heterocycles. The first-order chi connectivity index (χ1) is 22.1. The van der Waals surface area contributed by atoms with Gasteiger partial charge in [0, 0.05) is 18.0 Å². The predicted octanol–water partition coefficient (Wildman–Crippen LogP) is 6.60. The van der Waals surface area contributed by atoms with Gasteiger partial charge in [-0.15, -0.1) is 5.10 Å². The van der Waals surface area contributed by atoms with Crippen LogP contribution in [-0.2, 0) is 21.6 Å². The highest BCUT2D eigenvalue weighted by Crippen LogP contribution is 2.43. The number of carbonyl (C=O) groups is 1. The number of rotatable bonds is 7. The van der Waals surface area contributed by atoms with Gasteiger partial charge in [0.25, 0.3) is 0 Å². The highest BCUT2D eigenvalue weighted by Gasteiger charge is 2.42. The molecular weight excluding hydrogens is 558 g/mol. The second kappa shape index (κ2) is 11.9. The minimum atomic E-state index is -0.862. The van der Waals surface area contributed by atoms with Gasteiger partial charge in [-0.3, -0.25) is 10.1 Å². The van der Waals surface area contributed by atoms with Gasteiger partial charge in [-0.05, 0) is 49.4 Å². The number of esters is 1. The van der Waals surface area contributed by atoms with E-state index in [0.29, 0.717) is 12.4 Å². The highest BCUT2D eigenvalue weighted by atomic mass is 16.5. The molecule has 2 atom stereocenters. The third kappa shape index (κ3) is 4.82. The molecule has 5 aromatic carbocycles. The summed E-state index contributed by atoms with van der Waals surface area (Å²) < 4.78 is 7.05. The summed E-state index contributed by atoms with van der Waals surface area (Å²) in [5, 5.41) is 17.1. The van der Waals surface area contributed by atoms with E-state index in [1.165, 1.54) is 12.7 Å². The van der Waals surface area contributed by atoms with Gasteiger partial charge in [0.15, 0.2) is 5.82 Å². The van der Waals surface area contributed by atoms with E-state index in [-0.39, 0.29) is 11.9 Å². The topological polar surface area (TPSA) is 81.9 Å². The van der Waals surface area contributed by atoms with E-state index in [2.05, 4.69) is 121 Å². The molecule has 7 heteroatoms. The summed E-state index contributed by atoms with van der Waals surface area (Å²) in [6.07, 6.45) is 0. The van der Waals surface area contributed by atoms with Crippen LogP contribution in [-0.4, -0.2) is 39.3 Å². The predicted molar refractivity (Wildman–Crippen MR) is 174 cm³/mol. The summed E-state index contributed by atoms with van der Waals surface area (Å²) >= 11 is 0. The first-order valence-corrected chi connectivity index (χ1v) is 15.1. The van der Waals surface area contributed by atoms with Crippen LogP contribution < -0.4 is 5.32 Å². The smallest absolute Gasteiger partial charge is 0.323 e. The van der Waals surface area contributed by atoms with Gasteiger partial charge < -0.3 is 4.74 Å². The second-order valence-electron chi connectivity index (χ2n) is 11.4. The molecule has 7 nitrogen and oxygen atoms in total. The summed E-state index contributed by atoms with van der Waals surface area (Å²) in [4.78, 5) is 12.5. The molecule has 1 aliphatic heterocycles. The summed E-state index contributed by atoms with van der Waals surface area (Å²) in [6.45, 7) is 2.67. The monoisotopic (exact) mass is 591 g/mol. The van der Waals surface area contributed by atoms with Gasteiger partial charge in [-0.1, -0.05) is 140 Å². The number of methoxy groups -OCH3 is 1. The fourth-order valence-electron chi connectivity index (χ4n) is 6.75. The number of benzene rings is 5. The largest absolute Gasteiger partial charge is 0.468 e. The number of nitrogens with one attached hydrogen (secondary N) is 1. The first kappa shape index (κ1) is 28.4. The van der Waals surface area contributed by atoms with Gasteiger partial charge in [0.1, 0.15) is 11.6 Å². The van der Waals surface area contributed by atoms with Crippen molar-refractivity contribution < 1.29 is 9.53 Å². The molecule has 0 spiro atoms. The molecule has 45 heavy (non-hydrogen) atoms. The van der Waals surface area contributed by atoms with Crippen molar-refractivity contribution in [2.45, 2.75) is 31.0 Å². The van der Waals surface area contributed by atoms with Crippen molar-refractivity contribution in [1.29, 1.82) is 0 Å². The normalized spacial score (nSPS) is 16.1. The number of carbonyl (C=O) groups excluding carboxylic acids is 1. The van der Waals surface area contributed by atoms with E-state index in [1.54, 1.807) is 0 Å². The molecule has 0 saturated carbocycles. The Kier molecular flexibility index (Phi) is 7.53. The second-order valence-corrected chi connectivity index (χ2v) is 11.4. The van der Waals surface area contributed by atoms with Crippen LogP contribution in [0.15, 0.2) is 133 Å². The highest BCUT2D eigenvalue weighted by molar-refractivity contribution is 5.82. The Hall–Kier alpha value is -5.40. The van der Waals surface area contributed by atoms with Gasteiger partial charge in [-0.2, -0.15) is 0 Å². The van der Waals surface area contributed by atoms with Crippen LogP contribution in [0.5, 0.6) is 0 Å². The number of hydrogen-bond acceptors (Lipinski definition) is 6. The maximum absolute atomic E-state index is 12.5. The quantitative estimate of drug-likeness (QED) is 0.167. The summed E-state index contributed by atoms with van der Waals surface area (Å²) in [5.74, 6) is 0.333. The SMILES string of the molecule is COC(=O)[C@H]1NCc2ccc(-c3ccccc3-c3nnnn3C(c3ccccc3)(c3ccccc3)c3ccccc3)cc2C1C. The lowest BCUT2D eigenvalue weighted by Gasteiger charge is -2.36. The number of tetrazole rings is 1. The summed E-state index contributed by atoms with van der Waals surface area (Å²) in [6, 6.07) is 45.5. The molecule has 0 amide bonds. The Balaban J connectivity index is 1.45. The standard InChI is InChI=1S/C38H33N5O2/c1-26-34-24-27(22-23-28(34)25-39-35(26)37(44)45-2)32-20-12-13-21-33(32)36-40-41-42-43(36)38(29-14-6-3-7-15-29,30-16-8-4-9-17-30)31-18-10-5-11-19-31/h3-24,26,35,39H,25H2,1-2H3/t26?,35-/m0/s1. The van der Waals surface area contributed by atoms with Crippen molar-refractivity contribution in [1.82, 2.24) is 25.5 Å². The Morgan fingerprint density at radius 2 is 1.33 bits per heavy atom. The zero-order chi connectivity index (χ0) is 30.8. The van der Waals surface area contributed by atoms with E-state index in [0.717, 1.165) is 38.9 Å². The van der Waals surface area contributed by atoms with Crippen LogP contribution >= 0.6 is 0 Å². The van der Waals surface area contributed by atoms with Crippen molar-refractivity contribution in [3.8, 4) is 22.5 Å². The van der Waals surface area contributed by atoms with Crippen molar-refractivity contribution in [2.75, 3.05) is 7.11 Å². The van der Waals surface area contributed by atoms with Crippen LogP contribution in [0, 0.1) is 0 Å². The number of hydrogen-bond donors (Lipinski definition) is 1. The van der Waals surface area contributed by atoms with E-state index >= 15 is 0 Å². The fraction of sp³-hybridized carbons (Fsp3) is 0.158. The third-order valence-corrected chi connectivity index (χ3v) is 8.94. The first-order valence-electron chi connectivity index (χ1n) is 15.1. The molecule has 1 aliphatic rings. The molecule has 1 unspecified atom stereocenters. The lowest BCUT2D eigenvalue weighted by atomic mass is 9.77. The molecule has 222 valence electrons. The molecule has 1 aromatic heterocycles. The van der Waals surface area contributed by atoms with E-state index in [4.69, 9.17) is 15.0 Å². The molecule has 0 fully saturated rings. The minimum absolute atomic E-state index is 0.0551. The van der Waals surface area contributed by atoms with Crippen molar-refractivity contribution in [3.05, 3.63) is 161 Å². The summed E-state index contributed by atoms with van der Waals surface area (Å²) in [5.41, 5.74) is 7.49. The molecule has 0 aliphatic carbocycles. The van der Waals surface area contributed by atoms with Gasteiger partial charge in [0.05, 0.1) is 7.11 Å². The average molecular weight is 592 g/mol. The van der Waals surface area contributed by atoms with E-state index in [9.17, 15) is 4.79 Å². The number of nitrogens with zero attached hydrogens (tertiary/aromatic N) is 4. The molecule has 0 saturated heterocycles. The van der Waals surface area contributed by atoms with Crippen LogP contribution in [0.25, 0.3) is 22.5 Å². The molecule has 6 aromatic rings. The Morgan fingerprint density at radius 1 is 0.778 bits per heavy atom. The lowest BCUT2D eigenvalue weighted by Crippen LogP contribution is -2.44. The molecule has 7 rings (SSSR count). The van der Waals surface area contributed by atoms with Crippen LogP contribution in [0.3, 0.4) is 0 Å². The summed E-state index contributed by atoms with van der Waals surface area (Å²) in [7, 11) is 1.43. The van der Waals surface area contributed by atoms with Crippen LogP contribution in [0.4, 0.5) is 0 Å². The maximum atomic E-state index is 12.5. The van der Waals surface area contributed by atoms with Crippen molar-refractivity contribution in [2.24, 2.45) is 0 Å². The van der Waals surface area contributed by atoms with Crippen LogP contribution in [0.2, 0.25) is 0 Å². The van der Waals surface area contributed by atoms with Gasteiger partial charge >= 0.3 is 5.97 Å². The molecule has 0 radical (unpaired) electrons. The molecule has 1 N–H and O–H groups in total. The fourth-order valence-corrected chi connectivity index (χ4v) is 6.75. The van der Waals surface area contributed by atoms with Crippen molar-refractivity contribution in [3.63, 3.8) is 0 Å². The van der Waals surface area contributed by atoms with Crippen LogP contribution in [0.1, 0.15) is 40.7 Å². The maximum Gasteiger partial charge on any atom is 0.323 e. The zero-order valence-electron chi connectivity index (χ0n) is 25.2. The molecule has 0 bridgehead atoms. The van der Waals surface area contributed by atoms with Gasteiger partial charge in [-0.25, -0.2) is 4.68 Å². The number of fused-ring (bicyclic) bond motifs is 1. The zero-order valence-corrected chi connectivity index (χ0v) is 25.2. The number of ether oxygens (including phenoxy) is 1. The lowest BCUT2D eigenvalue weighted by molar-refractivity contribution is -0.143. The minimum Gasteiger partial charge on any atom is -0.468 e. The Morgan fingerprint density at radius 3 is 1.91 bits per heavy atom.